The van der Waals surface area contributed by atoms with Crippen molar-refractivity contribution in [2.75, 3.05) is 11.4 Å². The summed E-state index contributed by atoms with van der Waals surface area (Å²) < 4.78 is 0.826. The van der Waals surface area contributed by atoms with Crippen molar-refractivity contribution in [2.45, 2.75) is 11.7 Å². The van der Waals surface area contributed by atoms with Crippen LogP contribution in [0.5, 0.6) is 0 Å². The Morgan fingerprint density at radius 2 is 2.25 bits per heavy atom. The second-order valence-electron chi connectivity index (χ2n) is 3.68. The van der Waals surface area contributed by atoms with Gasteiger partial charge in [-0.2, -0.15) is 12.6 Å². The highest BCUT2D eigenvalue weighted by Gasteiger charge is 2.29. The Morgan fingerprint density at radius 1 is 1.50 bits per heavy atom. The molecule has 0 saturated carbocycles. The quantitative estimate of drug-likeness (QED) is 0.672. The lowest BCUT2D eigenvalue weighted by atomic mass is 10.2. The van der Waals surface area contributed by atoms with Crippen LogP contribution in [0.15, 0.2) is 22.7 Å². The Morgan fingerprint density at radius 3 is 2.81 bits per heavy atom. The highest BCUT2D eigenvalue weighted by atomic mass is 79.9. The van der Waals surface area contributed by atoms with Crippen LogP contribution in [0, 0.1) is 0 Å². The van der Waals surface area contributed by atoms with Crippen LogP contribution in [0.3, 0.4) is 0 Å². The monoisotopic (exact) mass is 299 g/mol. The molecule has 1 saturated heterocycles. The highest BCUT2D eigenvalue weighted by Crippen LogP contribution is 2.28. The van der Waals surface area contributed by atoms with Gasteiger partial charge in [-0.1, -0.05) is 15.9 Å². The molecule has 0 spiro atoms. The van der Waals surface area contributed by atoms with Gasteiger partial charge in [0.05, 0.1) is 5.69 Å². The van der Waals surface area contributed by atoms with Gasteiger partial charge in [0.15, 0.2) is 6.29 Å². The largest absolute Gasteiger partial charge is 0.311 e. The van der Waals surface area contributed by atoms with E-state index >= 15 is 0 Å². The molecule has 2 rings (SSSR count). The van der Waals surface area contributed by atoms with Gasteiger partial charge in [-0.3, -0.25) is 9.59 Å². The number of halogens is 1. The number of hydrogen-bond acceptors (Lipinski definition) is 3. The molecule has 1 aromatic rings. The molecule has 0 aromatic heterocycles. The molecule has 0 radical (unpaired) electrons. The number of aldehydes is 1. The molecule has 84 valence electrons. The maximum Gasteiger partial charge on any atom is 0.228 e. The first kappa shape index (κ1) is 11.7. The van der Waals surface area contributed by atoms with Crippen LogP contribution in [0.2, 0.25) is 0 Å². The summed E-state index contributed by atoms with van der Waals surface area (Å²) in [7, 11) is 0. The van der Waals surface area contributed by atoms with Crippen molar-refractivity contribution in [2.24, 2.45) is 0 Å². The van der Waals surface area contributed by atoms with Crippen molar-refractivity contribution >= 4 is 46.4 Å². The number of rotatable bonds is 2. The van der Waals surface area contributed by atoms with Gasteiger partial charge in [0, 0.05) is 28.3 Å². The third-order valence-corrected chi connectivity index (χ3v) is 3.35. The lowest BCUT2D eigenvalue weighted by Crippen LogP contribution is -2.25. The predicted octanol–water partition coefficient (Wildman–Crippen LogP) is 2.30. The maximum absolute atomic E-state index is 11.7. The fourth-order valence-corrected chi connectivity index (χ4v) is 2.49. The van der Waals surface area contributed by atoms with Crippen molar-refractivity contribution in [3.63, 3.8) is 0 Å². The smallest absolute Gasteiger partial charge is 0.228 e. The van der Waals surface area contributed by atoms with Crippen molar-refractivity contribution in [3.05, 3.63) is 28.2 Å². The summed E-state index contributed by atoms with van der Waals surface area (Å²) in [4.78, 5) is 24.3. The number of thiol groups is 1. The third-order valence-electron chi connectivity index (χ3n) is 2.51. The molecule has 0 aliphatic carbocycles. The van der Waals surface area contributed by atoms with Crippen LogP contribution in [0.1, 0.15) is 16.8 Å². The Bertz CT molecular complexity index is 450. The Hall–Kier alpha value is -0.810. The van der Waals surface area contributed by atoms with Crippen LogP contribution < -0.4 is 4.90 Å². The molecule has 1 aliphatic rings. The van der Waals surface area contributed by atoms with Crippen LogP contribution in [-0.2, 0) is 4.79 Å². The van der Waals surface area contributed by atoms with E-state index in [-0.39, 0.29) is 11.2 Å². The molecule has 1 amide bonds. The van der Waals surface area contributed by atoms with E-state index in [0.717, 1.165) is 10.8 Å². The van der Waals surface area contributed by atoms with E-state index in [1.165, 1.54) is 0 Å². The van der Waals surface area contributed by atoms with Gasteiger partial charge < -0.3 is 4.90 Å². The van der Waals surface area contributed by atoms with Gasteiger partial charge in [0.25, 0.3) is 0 Å². The van der Waals surface area contributed by atoms with Crippen molar-refractivity contribution in [3.8, 4) is 0 Å². The highest BCUT2D eigenvalue weighted by molar-refractivity contribution is 9.10. The standard InChI is InChI=1S/C11H10BrNO2S/c12-8-1-2-10(7(3-8)6-14)13-5-9(16)4-11(13)15/h1-3,6,9,16H,4-5H2. The van der Waals surface area contributed by atoms with E-state index in [9.17, 15) is 9.59 Å². The molecule has 3 nitrogen and oxygen atoms in total. The fourth-order valence-electron chi connectivity index (χ4n) is 1.79. The van der Waals surface area contributed by atoms with E-state index in [1.54, 1.807) is 17.0 Å². The van der Waals surface area contributed by atoms with Crippen molar-refractivity contribution in [1.29, 1.82) is 0 Å². The summed E-state index contributed by atoms with van der Waals surface area (Å²) in [6.45, 7) is 0.560. The second kappa shape index (κ2) is 4.59. The lowest BCUT2D eigenvalue weighted by molar-refractivity contribution is -0.117. The minimum Gasteiger partial charge on any atom is -0.311 e. The van der Waals surface area contributed by atoms with Crippen LogP contribution >= 0.6 is 28.6 Å². The first-order valence-electron chi connectivity index (χ1n) is 4.85. The van der Waals surface area contributed by atoms with Gasteiger partial charge in [0.1, 0.15) is 0 Å². The van der Waals surface area contributed by atoms with E-state index < -0.39 is 0 Å². The van der Waals surface area contributed by atoms with E-state index in [1.807, 2.05) is 6.07 Å². The number of nitrogens with zero attached hydrogens (tertiary/aromatic N) is 1. The fraction of sp³-hybridized carbons (Fsp3) is 0.273. The summed E-state index contributed by atoms with van der Waals surface area (Å²) in [6.07, 6.45) is 1.19. The summed E-state index contributed by atoms with van der Waals surface area (Å²) in [5.41, 5.74) is 1.19. The zero-order valence-electron chi connectivity index (χ0n) is 8.39. The van der Waals surface area contributed by atoms with Gasteiger partial charge in [-0.25, -0.2) is 0 Å². The lowest BCUT2D eigenvalue weighted by Gasteiger charge is -2.18. The van der Waals surface area contributed by atoms with Crippen LogP contribution in [0.25, 0.3) is 0 Å². The van der Waals surface area contributed by atoms with Crippen molar-refractivity contribution in [1.82, 2.24) is 0 Å². The number of carbonyl (C=O) groups excluding carboxylic acids is 2. The summed E-state index contributed by atoms with van der Waals surface area (Å²) in [5, 5.41) is 0.0515. The van der Waals surface area contributed by atoms with E-state index in [2.05, 4.69) is 28.6 Å². The van der Waals surface area contributed by atoms with E-state index in [0.29, 0.717) is 24.2 Å². The van der Waals surface area contributed by atoms with Gasteiger partial charge in [-0.05, 0) is 18.2 Å². The van der Waals surface area contributed by atoms with Crippen molar-refractivity contribution < 1.29 is 9.59 Å². The topological polar surface area (TPSA) is 37.4 Å². The first-order chi connectivity index (χ1) is 7.61. The summed E-state index contributed by atoms with van der Waals surface area (Å²) in [5.74, 6) is 0.0189. The normalized spacial score (nSPS) is 20.2. The molecule has 1 fully saturated rings. The number of anilines is 1. The predicted molar refractivity (Wildman–Crippen MR) is 69.3 cm³/mol. The van der Waals surface area contributed by atoms with Gasteiger partial charge >= 0.3 is 0 Å². The molecule has 1 heterocycles. The SMILES string of the molecule is O=Cc1cc(Br)ccc1N1CC(S)CC1=O. The van der Waals surface area contributed by atoms with Gasteiger partial charge in [0.2, 0.25) is 5.91 Å². The minimum absolute atomic E-state index is 0.0189. The molecule has 1 aromatic carbocycles. The summed E-state index contributed by atoms with van der Waals surface area (Å²) in [6, 6.07) is 5.31. The first-order valence-corrected chi connectivity index (χ1v) is 6.16. The average Bonchev–Trinajstić information content (AvgIpc) is 2.57. The zero-order valence-corrected chi connectivity index (χ0v) is 10.9. The van der Waals surface area contributed by atoms with E-state index in [4.69, 9.17) is 0 Å². The summed E-state index contributed by atoms with van der Waals surface area (Å²) >= 11 is 7.58. The molecule has 1 atom stereocenters. The molecule has 0 N–H and O–H groups in total. The number of amides is 1. The third kappa shape index (κ3) is 2.15. The maximum atomic E-state index is 11.7. The van der Waals surface area contributed by atoms with Gasteiger partial charge in [-0.15, -0.1) is 0 Å². The molecule has 1 aliphatic heterocycles. The average molecular weight is 300 g/mol. The molecular formula is C11H10BrNO2S. The Kier molecular flexibility index (Phi) is 3.35. The molecule has 1 unspecified atom stereocenters. The van der Waals surface area contributed by atoms with Crippen LogP contribution in [-0.4, -0.2) is 24.0 Å². The number of benzene rings is 1. The number of hydrogen-bond donors (Lipinski definition) is 1. The minimum atomic E-state index is 0.0189. The molecule has 0 bridgehead atoms. The Balaban J connectivity index is 2.40. The zero-order chi connectivity index (χ0) is 11.7. The number of carbonyl (C=O) groups is 2. The molecule has 16 heavy (non-hydrogen) atoms. The van der Waals surface area contributed by atoms with Crippen LogP contribution in [0.4, 0.5) is 5.69 Å². The Labute approximate surface area is 107 Å². The second-order valence-corrected chi connectivity index (χ2v) is 5.33. The molecule has 5 heteroatoms. The molecular weight excluding hydrogens is 290 g/mol.